The van der Waals surface area contributed by atoms with Crippen molar-refractivity contribution in [1.82, 2.24) is 15.6 Å². The first-order valence-electron chi connectivity index (χ1n) is 7.75. The summed E-state index contributed by atoms with van der Waals surface area (Å²) in [5.41, 5.74) is 1.15. The summed E-state index contributed by atoms with van der Waals surface area (Å²) in [7, 11) is 0. The second-order valence-corrected chi connectivity index (χ2v) is 6.56. The zero-order chi connectivity index (χ0) is 15.1. The summed E-state index contributed by atoms with van der Waals surface area (Å²) < 4.78 is 5.60. The van der Waals surface area contributed by atoms with Crippen LogP contribution >= 0.6 is 11.3 Å². The molecule has 0 aliphatic carbocycles. The molecule has 1 aromatic heterocycles. The summed E-state index contributed by atoms with van der Waals surface area (Å²) in [6.07, 6.45) is 3.57. The molecule has 1 aromatic rings. The van der Waals surface area contributed by atoms with Crippen LogP contribution in [0.1, 0.15) is 35.3 Å². The highest BCUT2D eigenvalue weighted by molar-refractivity contribution is 7.11. The van der Waals surface area contributed by atoms with Gasteiger partial charge in [-0.15, -0.1) is 11.3 Å². The van der Waals surface area contributed by atoms with Gasteiger partial charge in [0.05, 0.1) is 23.4 Å². The average molecular weight is 310 g/mol. The quantitative estimate of drug-likeness (QED) is 0.623. The third kappa shape index (κ3) is 5.28. The second-order valence-electron chi connectivity index (χ2n) is 5.27. The lowest BCUT2D eigenvalue weighted by atomic mass is 10.2. The molecule has 1 saturated heterocycles. The van der Waals surface area contributed by atoms with E-state index < -0.39 is 0 Å². The number of aromatic nitrogens is 1. The molecule has 1 aliphatic rings. The summed E-state index contributed by atoms with van der Waals surface area (Å²) in [6, 6.07) is 0. The number of aliphatic imine (C=N–C) groups is 1. The van der Waals surface area contributed by atoms with E-state index in [0.29, 0.717) is 6.10 Å². The molecular weight excluding hydrogens is 284 g/mol. The molecule has 1 aliphatic heterocycles. The molecule has 0 radical (unpaired) electrons. The van der Waals surface area contributed by atoms with Crippen LogP contribution in [0, 0.1) is 13.8 Å². The van der Waals surface area contributed by atoms with Gasteiger partial charge < -0.3 is 15.4 Å². The summed E-state index contributed by atoms with van der Waals surface area (Å²) in [4.78, 5) is 10.4. The highest BCUT2D eigenvalue weighted by atomic mass is 32.1. The van der Waals surface area contributed by atoms with Crippen LogP contribution in [0.25, 0.3) is 0 Å². The van der Waals surface area contributed by atoms with Crippen LogP contribution in [-0.4, -0.2) is 43.3 Å². The third-order valence-electron chi connectivity index (χ3n) is 3.47. The third-order valence-corrected chi connectivity index (χ3v) is 4.60. The lowest BCUT2D eigenvalue weighted by molar-refractivity contribution is 0.117. The minimum Gasteiger partial charge on any atom is -0.376 e. The van der Waals surface area contributed by atoms with Crippen LogP contribution in [0.15, 0.2) is 4.99 Å². The van der Waals surface area contributed by atoms with Crippen molar-refractivity contribution >= 4 is 17.3 Å². The molecule has 0 spiro atoms. The molecule has 1 fully saturated rings. The number of nitrogens with zero attached hydrogens (tertiary/aromatic N) is 2. The number of aryl methyl sites for hydroxylation is 2. The van der Waals surface area contributed by atoms with Crippen LogP contribution < -0.4 is 10.6 Å². The number of thiazole rings is 1. The van der Waals surface area contributed by atoms with E-state index in [9.17, 15) is 0 Å². The van der Waals surface area contributed by atoms with E-state index in [0.717, 1.165) is 62.2 Å². The molecule has 2 N–H and O–H groups in total. The van der Waals surface area contributed by atoms with Gasteiger partial charge in [0.1, 0.15) is 0 Å². The predicted molar refractivity (Wildman–Crippen MR) is 88.2 cm³/mol. The molecule has 118 valence electrons. The van der Waals surface area contributed by atoms with Gasteiger partial charge in [-0.3, -0.25) is 4.99 Å². The monoisotopic (exact) mass is 310 g/mol. The first-order valence-corrected chi connectivity index (χ1v) is 8.57. The van der Waals surface area contributed by atoms with Crippen molar-refractivity contribution in [2.45, 2.75) is 46.1 Å². The van der Waals surface area contributed by atoms with Gasteiger partial charge in [0.2, 0.25) is 0 Å². The first-order chi connectivity index (χ1) is 10.2. The van der Waals surface area contributed by atoms with E-state index in [1.165, 1.54) is 4.88 Å². The van der Waals surface area contributed by atoms with Crippen LogP contribution in [0.5, 0.6) is 0 Å². The fourth-order valence-corrected chi connectivity index (χ4v) is 3.36. The highest BCUT2D eigenvalue weighted by Crippen LogP contribution is 2.17. The normalized spacial score (nSPS) is 19.0. The Morgan fingerprint density at radius 3 is 2.90 bits per heavy atom. The molecule has 2 rings (SSSR count). The molecule has 0 bridgehead atoms. The van der Waals surface area contributed by atoms with Crippen molar-refractivity contribution in [3.63, 3.8) is 0 Å². The molecule has 0 amide bonds. The summed E-state index contributed by atoms with van der Waals surface area (Å²) in [6.45, 7) is 9.59. The van der Waals surface area contributed by atoms with Crippen molar-refractivity contribution in [3.05, 3.63) is 15.6 Å². The smallest absolute Gasteiger partial charge is 0.191 e. The Morgan fingerprint density at radius 1 is 1.43 bits per heavy atom. The zero-order valence-corrected chi connectivity index (χ0v) is 14.1. The first kappa shape index (κ1) is 16.2. The number of guanidine groups is 1. The Labute approximate surface area is 131 Å². The van der Waals surface area contributed by atoms with Crippen LogP contribution in [0.2, 0.25) is 0 Å². The number of rotatable bonds is 6. The lowest BCUT2D eigenvalue weighted by Crippen LogP contribution is -2.38. The van der Waals surface area contributed by atoms with Crippen molar-refractivity contribution in [2.75, 3.05) is 26.2 Å². The number of ether oxygens (including phenoxy) is 1. The summed E-state index contributed by atoms with van der Waals surface area (Å²) >= 11 is 1.78. The standard InChI is InChI=1S/C15H26N4OS/c1-4-16-15(18-10-13-6-5-9-20-13)17-8-7-14-11(2)19-12(3)21-14/h13H,4-10H2,1-3H3,(H2,16,17,18). The van der Waals surface area contributed by atoms with Gasteiger partial charge in [-0.05, 0) is 33.6 Å². The minimum absolute atomic E-state index is 0.298. The fourth-order valence-electron chi connectivity index (χ4n) is 2.42. The zero-order valence-electron chi connectivity index (χ0n) is 13.2. The van der Waals surface area contributed by atoms with Gasteiger partial charge in [0.15, 0.2) is 5.96 Å². The van der Waals surface area contributed by atoms with E-state index in [-0.39, 0.29) is 0 Å². The van der Waals surface area contributed by atoms with Crippen LogP contribution in [-0.2, 0) is 11.2 Å². The van der Waals surface area contributed by atoms with E-state index in [1.807, 2.05) is 0 Å². The topological polar surface area (TPSA) is 58.5 Å². The summed E-state index contributed by atoms with van der Waals surface area (Å²) in [5, 5.41) is 7.82. The maximum atomic E-state index is 5.60. The van der Waals surface area contributed by atoms with Crippen molar-refractivity contribution in [3.8, 4) is 0 Å². The second kappa shape index (κ2) is 8.34. The van der Waals surface area contributed by atoms with Gasteiger partial charge in [0, 0.05) is 31.0 Å². The highest BCUT2D eigenvalue weighted by Gasteiger charge is 2.14. The van der Waals surface area contributed by atoms with Gasteiger partial charge in [0.25, 0.3) is 0 Å². The van der Waals surface area contributed by atoms with Gasteiger partial charge >= 0.3 is 0 Å². The predicted octanol–water partition coefficient (Wildman–Crippen LogP) is 2.04. The Hall–Kier alpha value is -1.14. The summed E-state index contributed by atoms with van der Waals surface area (Å²) in [5.74, 6) is 0.881. The Morgan fingerprint density at radius 2 is 2.29 bits per heavy atom. The van der Waals surface area contributed by atoms with Gasteiger partial charge in [-0.1, -0.05) is 0 Å². The molecule has 0 aromatic carbocycles. The van der Waals surface area contributed by atoms with Crippen molar-refractivity contribution in [2.24, 2.45) is 4.99 Å². The molecule has 0 saturated carbocycles. The number of nitrogens with one attached hydrogen (secondary N) is 2. The molecule has 5 nitrogen and oxygen atoms in total. The molecule has 2 heterocycles. The van der Waals surface area contributed by atoms with Gasteiger partial charge in [-0.25, -0.2) is 4.98 Å². The molecule has 1 atom stereocenters. The number of hydrogen-bond acceptors (Lipinski definition) is 4. The lowest BCUT2D eigenvalue weighted by Gasteiger charge is -2.12. The molecule has 6 heteroatoms. The molecule has 1 unspecified atom stereocenters. The fraction of sp³-hybridized carbons (Fsp3) is 0.733. The van der Waals surface area contributed by atoms with Crippen LogP contribution in [0.3, 0.4) is 0 Å². The van der Waals surface area contributed by atoms with Crippen molar-refractivity contribution < 1.29 is 4.74 Å². The van der Waals surface area contributed by atoms with E-state index in [4.69, 9.17) is 4.74 Å². The Bertz CT molecular complexity index is 466. The van der Waals surface area contributed by atoms with E-state index >= 15 is 0 Å². The van der Waals surface area contributed by atoms with Crippen LogP contribution in [0.4, 0.5) is 0 Å². The Balaban J connectivity index is 1.78. The maximum Gasteiger partial charge on any atom is 0.191 e. The Kier molecular flexibility index (Phi) is 6.45. The van der Waals surface area contributed by atoms with E-state index in [1.54, 1.807) is 11.3 Å². The molecular formula is C15H26N4OS. The largest absolute Gasteiger partial charge is 0.376 e. The maximum absolute atomic E-state index is 5.60. The SMILES string of the molecule is CCNC(=NCC1CCCO1)NCCc1sc(C)nc1C. The average Bonchev–Trinajstić information content (AvgIpc) is 3.06. The molecule has 21 heavy (non-hydrogen) atoms. The minimum atomic E-state index is 0.298. The van der Waals surface area contributed by atoms with E-state index in [2.05, 4.69) is 41.4 Å². The van der Waals surface area contributed by atoms with Gasteiger partial charge in [-0.2, -0.15) is 0 Å². The van der Waals surface area contributed by atoms with Crippen molar-refractivity contribution in [1.29, 1.82) is 0 Å². The number of hydrogen-bond donors (Lipinski definition) is 2.